The lowest BCUT2D eigenvalue weighted by Gasteiger charge is -2.27. The summed E-state index contributed by atoms with van der Waals surface area (Å²) in [5.74, 6) is -0.217. The Morgan fingerprint density at radius 1 is 1.33 bits per heavy atom. The highest BCUT2D eigenvalue weighted by atomic mass is 32.1. The zero-order valence-electron chi connectivity index (χ0n) is 17.0. The van der Waals surface area contributed by atoms with Gasteiger partial charge in [0, 0.05) is 66.5 Å². The number of pyridine rings is 1. The predicted octanol–water partition coefficient (Wildman–Crippen LogP) is 3.17. The Labute approximate surface area is 182 Å². The van der Waals surface area contributed by atoms with E-state index in [0.717, 1.165) is 55.2 Å². The van der Waals surface area contributed by atoms with Gasteiger partial charge in [-0.25, -0.2) is 0 Å². The van der Waals surface area contributed by atoms with Gasteiger partial charge in [0.15, 0.2) is 0 Å². The summed E-state index contributed by atoms with van der Waals surface area (Å²) in [6.07, 6.45) is 7.97. The number of hydrogen-bond acceptors (Lipinski definition) is 6. The van der Waals surface area contributed by atoms with Gasteiger partial charge >= 0.3 is 0 Å². The second kappa shape index (κ2) is 10.8. The van der Waals surface area contributed by atoms with Crippen LogP contribution in [0.5, 0.6) is 0 Å². The van der Waals surface area contributed by atoms with Crippen LogP contribution in [0.2, 0.25) is 0 Å². The fourth-order valence-corrected chi connectivity index (χ4v) is 3.50. The number of morpholine rings is 1. The largest absolute Gasteiger partial charge is 0.404 e. The number of aryl methyl sites for hydroxylation is 1. The van der Waals surface area contributed by atoms with Crippen LogP contribution >= 0.6 is 12.2 Å². The average Bonchev–Trinajstić information content (AvgIpc) is 2.76. The Morgan fingerprint density at radius 2 is 2.13 bits per heavy atom. The predicted molar refractivity (Wildman–Crippen MR) is 125 cm³/mol. The lowest BCUT2D eigenvalue weighted by Crippen LogP contribution is -2.35. The van der Waals surface area contributed by atoms with Crippen molar-refractivity contribution in [3.05, 3.63) is 71.2 Å². The number of hydrogen-bond donors (Lipinski definition) is 2. The monoisotopic (exact) mass is 422 g/mol. The molecule has 1 saturated heterocycles. The summed E-state index contributed by atoms with van der Waals surface area (Å²) < 4.78 is 5.40. The van der Waals surface area contributed by atoms with Gasteiger partial charge in [-0.3, -0.25) is 14.7 Å². The van der Waals surface area contributed by atoms with Crippen molar-refractivity contribution in [2.45, 2.75) is 13.5 Å². The van der Waals surface area contributed by atoms with E-state index in [1.807, 2.05) is 18.2 Å². The van der Waals surface area contributed by atoms with Gasteiger partial charge in [-0.05, 0) is 47.9 Å². The number of benzene rings is 1. The Bertz CT molecular complexity index is 965. The van der Waals surface area contributed by atoms with E-state index in [1.54, 1.807) is 18.5 Å². The first-order chi connectivity index (χ1) is 14.6. The van der Waals surface area contributed by atoms with Gasteiger partial charge in [-0.15, -0.1) is 0 Å². The zero-order chi connectivity index (χ0) is 21.3. The first-order valence-electron chi connectivity index (χ1n) is 9.81. The van der Waals surface area contributed by atoms with Gasteiger partial charge in [0.25, 0.3) is 0 Å². The van der Waals surface area contributed by atoms with Gasteiger partial charge in [0.05, 0.1) is 13.2 Å². The van der Waals surface area contributed by atoms with Crippen LogP contribution in [-0.2, 0) is 16.1 Å². The molecule has 0 unspecified atom stereocenters. The van der Waals surface area contributed by atoms with Gasteiger partial charge in [-0.1, -0.05) is 18.3 Å². The normalized spacial score (nSPS) is 15.3. The standard InChI is InChI=1S/C23H26N4O2S/c1-17-12-21(4-2-19(17)15-27-8-10-29-11-9-27)26-23(28)5-3-18-14-25-7-6-22(18)20(13-24)16-30/h2-7,12-14,16H,8-11,15,24H2,1H3,(H,26,28)/b5-3+,20-13?. The summed E-state index contributed by atoms with van der Waals surface area (Å²) in [6.45, 7) is 6.42. The smallest absolute Gasteiger partial charge is 0.248 e. The minimum atomic E-state index is -0.217. The molecule has 30 heavy (non-hydrogen) atoms. The van der Waals surface area contributed by atoms with Crippen molar-refractivity contribution in [1.29, 1.82) is 0 Å². The molecule has 2 aromatic rings. The van der Waals surface area contributed by atoms with Crippen LogP contribution in [0.4, 0.5) is 5.69 Å². The van der Waals surface area contributed by atoms with Crippen LogP contribution < -0.4 is 11.1 Å². The van der Waals surface area contributed by atoms with Crippen molar-refractivity contribution in [1.82, 2.24) is 9.88 Å². The molecule has 0 spiro atoms. The molecule has 3 rings (SSSR count). The summed E-state index contributed by atoms with van der Waals surface area (Å²) in [5.41, 5.74) is 11.1. The van der Waals surface area contributed by atoms with E-state index >= 15 is 0 Å². The molecule has 6 nitrogen and oxygen atoms in total. The Balaban J connectivity index is 1.65. The molecule has 1 aliphatic rings. The van der Waals surface area contributed by atoms with Crippen LogP contribution in [-0.4, -0.2) is 47.5 Å². The maximum atomic E-state index is 12.4. The van der Waals surface area contributed by atoms with Crippen molar-refractivity contribution < 1.29 is 9.53 Å². The van der Waals surface area contributed by atoms with Gasteiger partial charge in [0.1, 0.15) is 0 Å². The fourth-order valence-electron chi connectivity index (χ4n) is 3.30. The third kappa shape index (κ3) is 5.82. The second-order valence-electron chi connectivity index (χ2n) is 7.06. The van der Waals surface area contributed by atoms with E-state index in [2.05, 4.69) is 28.2 Å². The maximum Gasteiger partial charge on any atom is 0.248 e. The minimum Gasteiger partial charge on any atom is -0.404 e. The van der Waals surface area contributed by atoms with Crippen LogP contribution in [0.15, 0.2) is 48.9 Å². The molecule has 0 atom stereocenters. The number of ether oxygens (including phenoxy) is 1. The van der Waals surface area contributed by atoms with Crippen LogP contribution in [0, 0.1) is 6.92 Å². The summed E-state index contributed by atoms with van der Waals surface area (Å²) >= 11 is 5.00. The third-order valence-electron chi connectivity index (χ3n) is 4.99. The van der Waals surface area contributed by atoms with Crippen molar-refractivity contribution in [2.75, 3.05) is 31.6 Å². The van der Waals surface area contributed by atoms with Crippen LogP contribution in [0.25, 0.3) is 11.6 Å². The molecule has 156 valence electrons. The van der Waals surface area contributed by atoms with Gasteiger partial charge in [0.2, 0.25) is 5.91 Å². The van der Waals surface area contributed by atoms with E-state index in [1.165, 1.54) is 23.2 Å². The van der Waals surface area contributed by atoms with Crippen LogP contribution in [0.3, 0.4) is 0 Å². The fraction of sp³-hybridized carbons (Fsp3) is 0.261. The molecule has 2 heterocycles. The zero-order valence-corrected chi connectivity index (χ0v) is 17.8. The van der Waals surface area contributed by atoms with Gasteiger partial charge in [-0.2, -0.15) is 0 Å². The second-order valence-corrected chi connectivity index (χ2v) is 7.29. The molecule has 1 amide bonds. The van der Waals surface area contributed by atoms with Crippen molar-refractivity contribution in [3.63, 3.8) is 0 Å². The topological polar surface area (TPSA) is 80.5 Å². The molecule has 0 bridgehead atoms. The molecular formula is C23H26N4O2S. The highest BCUT2D eigenvalue weighted by molar-refractivity contribution is 7.79. The van der Waals surface area contributed by atoms with Crippen molar-refractivity contribution >= 4 is 40.8 Å². The summed E-state index contributed by atoms with van der Waals surface area (Å²) in [5, 5.41) is 4.42. The number of nitrogens with two attached hydrogens (primary N) is 1. The number of thiocarbonyl (C=S) groups is 1. The summed E-state index contributed by atoms with van der Waals surface area (Å²) in [7, 11) is 0. The molecule has 1 aromatic heterocycles. The molecule has 0 saturated carbocycles. The number of anilines is 1. The lowest BCUT2D eigenvalue weighted by atomic mass is 10.0. The molecule has 7 heteroatoms. The number of aromatic nitrogens is 1. The van der Waals surface area contributed by atoms with Gasteiger partial charge < -0.3 is 15.8 Å². The van der Waals surface area contributed by atoms with Crippen molar-refractivity contribution in [3.8, 4) is 0 Å². The molecule has 0 radical (unpaired) electrons. The Morgan fingerprint density at radius 3 is 2.83 bits per heavy atom. The summed E-state index contributed by atoms with van der Waals surface area (Å²) in [6, 6.07) is 7.82. The minimum absolute atomic E-state index is 0.217. The number of carbonyl (C=O) groups is 1. The molecule has 1 fully saturated rings. The number of nitrogens with one attached hydrogen (secondary N) is 1. The molecule has 1 aliphatic heterocycles. The number of rotatable bonds is 7. The lowest BCUT2D eigenvalue weighted by molar-refractivity contribution is -0.111. The van der Waals surface area contributed by atoms with E-state index in [0.29, 0.717) is 5.57 Å². The number of nitrogens with zero attached hydrogens (tertiary/aromatic N) is 2. The summed E-state index contributed by atoms with van der Waals surface area (Å²) in [4.78, 5) is 18.9. The number of allylic oxidation sites excluding steroid dienone is 1. The quantitative estimate of drug-likeness (QED) is 0.527. The van der Waals surface area contributed by atoms with Crippen molar-refractivity contribution in [2.24, 2.45) is 5.73 Å². The maximum absolute atomic E-state index is 12.4. The molecule has 1 aromatic carbocycles. The third-order valence-corrected chi connectivity index (χ3v) is 5.25. The number of amides is 1. The van der Waals surface area contributed by atoms with E-state index in [4.69, 9.17) is 22.7 Å². The Kier molecular flexibility index (Phi) is 7.84. The highest BCUT2D eigenvalue weighted by Gasteiger charge is 2.12. The Hall–Kier alpha value is -2.87. The number of carbonyl (C=O) groups excluding carboxylic acids is 1. The van der Waals surface area contributed by atoms with E-state index in [-0.39, 0.29) is 5.91 Å². The molecule has 3 N–H and O–H groups in total. The highest BCUT2D eigenvalue weighted by Crippen LogP contribution is 2.19. The van der Waals surface area contributed by atoms with E-state index in [9.17, 15) is 4.79 Å². The average molecular weight is 423 g/mol. The molecular weight excluding hydrogens is 396 g/mol. The first kappa shape index (κ1) is 21.8. The first-order valence-corrected chi connectivity index (χ1v) is 10.3. The SMILES string of the molecule is Cc1cc(NC(=O)/C=C/c2cnccc2C(C=S)=CN)ccc1CN1CCOCC1. The molecule has 0 aliphatic carbocycles. The van der Waals surface area contributed by atoms with E-state index < -0.39 is 0 Å². The van der Waals surface area contributed by atoms with Crippen LogP contribution in [0.1, 0.15) is 22.3 Å².